The van der Waals surface area contributed by atoms with Crippen molar-refractivity contribution >= 4 is 53.3 Å². The van der Waals surface area contributed by atoms with Crippen LogP contribution in [0.25, 0.3) is 47.8 Å². The van der Waals surface area contributed by atoms with Gasteiger partial charge in [0.25, 0.3) is 0 Å². The van der Waals surface area contributed by atoms with E-state index >= 15 is 0 Å². The number of hydrogen-bond acceptors (Lipinski definition) is 3. The number of rotatable bonds is 2. The molecule has 134 valence electrons. The monoisotopic (exact) mass is 380 g/mol. The minimum atomic E-state index is 0.847. The SMILES string of the molecule is COc1ccc2c3ccc4c5ccccc5sc4c3n(-c3ccccn3)c2c1. The van der Waals surface area contributed by atoms with E-state index in [2.05, 4.69) is 64.1 Å². The molecule has 0 spiro atoms. The summed E-state index contributed by atoms with van der Waals surface area (Å²) in [5.74, 6) is 1.76. The lowest BCUT2D eigenvalue weighted by Gasteiger charge is -2.07. The van der Waals surface area contributed by atoms with Crippen molar-refractivity contribution in [3.05, 3.63) is 79.0 Å². The Balaban J connectivity index is 1.89. The van der Waals surface area contributed by atoms with Crippen molar-refractivity contribution in [1.82, 2.24) is 9.55 Å². The number of ether oxygens (including phenoxy) is 1. The summed E-state index contributed by atoms with van der Waals surface area (Å²) in [4.78, 5) is 4.66. The van der Waals surface area contributed by atoms with Crippen LogP contribution in [0.3, 0.4) is 0 Å². The number of fused-ring (bicyclic) bond motifs is 7. The Bertz CT molecular complexity index is 1500. The van der Waals surface area contributed by atoms with Gasteiger partial charge in [0.1, 0.15) is 11.6 Å². The molecule has 0 radical (unpaired) electrons. The zero-order valence-corrected chi connectivity index (χ0v) is 16.0. The topological polar surface area (TPSA) is 27.1 Å². The smallest absolute Gasteiger partial charge is 0.137 e. The molecule has 0 atom stereocenters. The lowest BCUT2D eigenvalue weighted by Crippen LogP contribution is -1.96. The molecule has 28 heavy (non-hydrogen) atoms. The van der Waals surface area contributed by atoms with Crippen molar-refractivity contribution in [2.75, 3.05) is 7.11 Å². The van der Waals surface area contributed by atoms with Crippen LogP contribution in [0, 0.1) is 0 Å². The Morgan fingerprint density at radius 3 is 2.50 bits per heavy atom. The average Bonchev–Trinajstić information content (AvgIpc) is 3.29. The summed E-state index contributed by atoms with van der Waals surface area (Å²) >= 11 is 1.85. The first-order valence-electron chi connectivity index (χ1n) is 9.19. The predicted molar refractivity (Wildman–Crippen MR) is 118 cm³/mol. The van der Waals surface area contributed by atoms with Gasteiger partial charge in [0.05, 0.1) is 22.8 Å². The van der Waals surface area contributed by atoms with E-state index < -0.39 is 0 Å². The molecule has 0 fully saturated rings. The molecule has 0 saturated carbocycles. The molecule has 0 unspecified atom stereocenters. The maximum Gasteiger partial charge on any atom is 0.137 e. The van der Waals surface area contributed by atoms with Crippen molar-refractivity contribution in [3.63, 3.8) is 0 Å². The Kier molecular flexibility index (Phi) is 3.25. The van der Waals surface area contributed by atoms with Gasteiger partial charge in [-0.3, -0.25) is 4.57 Å². The van der Waals surface area contributed by atoms with Crippen LogP contribution in [-0.4, -0.2) is 16.7 Å². The second kappa shape index (κ2) is 5.81. The van der Waals surface area contributed by atoms with E-state index in [1.807, 2.05) is 35.7 Å². The van der Waals surface area contributed by atoms with Crippen molar-refractivity contribution in [1.29, 1.82) is 0 Å². The first kappa shape index (κ1) is 15.7. The normalized spacial score (nSPS) is 11.8. The summed E-state index contributed by atoms with van der Waals surface area (Å²) in [7, 11) is 1.71. The summed E-state index contributed by atoms with van der Waals surface area (Å²) in [6.07, 6.45) is 1.85. The highest BCUT2D eigenvalue weighted by Crippen LogP contribution is 2.43. The summed E-state index contributed by atoms with van der Waals surface area (Å²) in [6.45, 7) is 0. The Labute approximate surface area is 165 Å². The summed E-state index contributed by atoms with van der Waals surface area (Å²) in [5.41, 5.74) is 2.32. The van der Waals surface area contributed by atoms with E-state index in [1.54, 1.807) is 7.11 Å². The molecule has 0 saturated heterocycles. The van der Waals surface area contributed by atoms with Crippen LogP contribution in [0.2, 0.25) is 0 Å². The maximum absolute atomic E-state index is 5.51. The highest BCUT2D eigenvalue weighted by Gasteiger charge is 2.18. The molecule has 4 heteroatoms. The first-order valence-corrected chi connectivity index (χ1v) is 10.0. The van der Waals surface area contributed by atoms with Crippen LogP contribution >= 0.6 is 11.3 Å². The van der Waals surface area contributed by atoms with E-state index in [1.165, 1.54) is 36.5 Å². The minimum absolute atomic E-state index is 0.847. The highest BCUT2D eigenvalue weighted by molar-refractivity contribution is 7.26. The Morgan fingerprint density at radius 2 is 1.64 bits per heavy atom. The quantitative estimate of drug-likeness (QED) is 0.340. The summed E-state index contributed by atoms with van der Waals surface area (Å²) in [5, 5.41) is 5.04. The highest BCUT2D eigenvalue weighted by atomic mass is 32.1. The van der Waals surface area contributed by atoms with Gasteiger partial charge in [-0.1, -0.05) is 36.4 Å². The second-order valence-electron chi connectivity index (χ2n) is 6.84. The van der Waals surface area contributed by atoms with Gasteiger partial charge in [-0.15, -0.1) is 11.3 Å². The minimum Gasteiger partial charge on any atom is -0.497 e. The Hall–Kier alpha value is -3.37. The third kappa shape index (κ3) is 2.06. The number of hydrogen-bond donors (Lipinski definition) is 0. The number of nitrogens with zero attached hydrogens (tertiary/aromatic N) is 2. The molecule has 6 rings (SSSR count). The molecule has 3 aromatic carbocycles. The van der Waals surface area contributed by atoms with E-state index in [9.17, 15) is 0 Å². The number of benzene rings is 3. The molecular formula is C24H16N2OS. The fourth-order valence-electron chi connectivity index (χ4n) is 4.11. The standard InChI is InChI=1S/C24H16N2OS/c1-27-15-9-10-16-18-11-12-19-17-6-2-3-7-21(17)28-24(19)23(18)26(20(16)14-15)22-8-4-5-13-25-22/h2-14H,1H3. The number of thiophene rings is 1. The molecule has 0 aliphatic heterocycles. The van der Waals surface area contributed by atoms with Gasteiger partial charge in [-0.05, 0) is 30.3 Å². The van der Waals surface area contributed by atoms with Crippen LogP contribution in [0.4, 0.5) is 0 Å². The van der Waals surface area contributed by atoms with Crippen LogP contribution in [0.15, 0.2) is 79.0 Å². The molecular weight excluding hydrogens is 364 g/mol. The molecule has 0 amide bonds. The fraction of sp³-hybridized carbons (Fsp3) is 0.0417. The number of aromatic nitrogens is 2. The van der Waals surface area contributed by atoms with E-state index in [4.69, 9.17) is 4.74 Å². The molecule has 3 nitrogen and oxygen atoms in total. The molecule has 0 aliphatic rings. The van der Waals surface area contributed by atoms with Gasteiger partial charge in [0, 0.05) is 38.5 Å². The van der Waals surface area contributed by atoms with Crippen LogP contribution in [-0.2, 0) is 0 Å². The van der Waals surface area contributed by atoms with E-state index in [-0.39, 0.29) is 0 Å². The third-order valence-corrected chi connectivity index (χ3v) is 6.55. The number of methoxy groups -OCH3 is 1. The maximum atomic E-state index is 5.51. The van der Waals surface area contributed by atoms with Gasteiger partial charge in [0.2, 0.25) is 0 Å². The largest absolute Gasteiger partial charge is 0.497 e. The first-order chi connectivity index (χ1) is 13.8. The molecule has 0 N–H and O–H groups in total. The van der Waals surface area contributed by atoms with Crippen molar-refractivity contribution in [2.45, 2.75) is 0 Å². The van der Waals surface area contributed by atoms with Crippen LogP contribution < -0.4 is 4.74 Å². The van der Waals surface area contributed by atoms with Gasteiger partial charge < -0.3 is 4.74 Å². The van der Waals surface area contributed by atoms with Gasteiger partial charge >= 0.3 is 0 Å². The average molecular weight is 380 g/mol. The zero-order chi connectivity index (χ0) is 18.7. The van der Waals surface area contributed by atoms with Crippen LogP contribution in [0.5, 0.6) is 5.75 Å². The van der Waals surface area contributed by atoms with Gasteiger partial charge in [-0.25, -0.2) is 4.98 Å². The summed E-state index contributed by atoms with van der Waals surface area (Å²) in [6, 6.07) is 25.4. The molecule has 0 aliphatic carbocycles. The lowest BCUT2D eigenvalue weighted by atomic mass is 10.1. The van der Waals surface area contributed by atoms with Crippen molar-refractivity contribution < 1.29 is 4.74 Å². The van der Waals surface area contributed by atoms with Crippen molar-refractivity contribution in [3.8, 4) is 11.6 Å². The van der Waals surface area contributed by atoms with Crippen molar-refractivity contribution in [2.24, 2.45) is 0 Å². The molecule has 6 aromatic rings. The third-order valence-electron chi connectivity index (χ3n) is 5.36. The van der Waals surface area contributed by atoms with E-state index in [0.717, 1.165) is 17.1 Å². The van der Waals surface area contributed by atoms with Gasteiger partial charge in [-0.2, -0.15) is 0 Å². The second-order valence-corrected chi connectivity index (χ2v) is 7.90. The van der Waals surface area contributed by atoms with Crippen LogP contribution in [0.1, 0.15) is 0 Å². The molecule has 3 aromatic heterocycles. The summed E-state index contributed by atoms with van der Waals surface area (Å²) < 4.78 is 10.4. The number of pyridine rings is 1. The zero-order valence-electron chi connectivity index (χ0n) is 15.2. The molecule has 3 heterocycles. The molecule has 0 bridgehead atoms. The lowest BCUT2D eigenvalue weighted by molar-refractivity contribution is 0.415. The fourth-order valence-corrected chi connectivity index (χ4v) is 5.35. The Morgan fingerprint density at radius 1 is 0.821 bits per heavy atom. The van der Waals surface area contributed by atoms with E-state index in [0.29, 0.717) is 0 Å². The van der Waals surface area contributed by atoms with Gasteiger partial charge in [0.15, 0.2) is 0 Å². The predicted octanol–water partition coefficient (Wildman–Crippen LogP) is 6.56.